The third kappa shape index (κ3) is 8.78. The minimum atomic E-state index is -5.08. The molecular formula is C27H23Cl2CuN8O11S3+3. The van der Waals surface area contributed by atoms with Gasteiger partial charge in [-0.3, -0.25) is 28.7 Å². The molecule has 25 heteroatoms. The average Bonchev–Trinajstić information content (AvgIpc) is 3.02. The molecule has 0 amide bonds. The molecule has 0 atom stereocenters. The van der Waals surface area contributed by atoms with Gasteiger partial charge in [0.25, 0.3) is 30.4 Å². The van der Waals surface area contributed by atoms with E-state index >= 15 is 0 Å². The maximum Gasteiger partial charge on any atom is 1.00 e. The molecule has 0 aliphatic heterocycles. The Labute approximate surface area is 319 Å². The van der Waals surface area contributed by atoms with Gasteiger partial charge in [0.05, 0.1) is 16.3 Å². The van der Waals surface area contributed by atoms with Crippen molar-refractivity contribution in [1.29, 1.82) is 0 Å². The summed E-state index contributed by atoms with van der Waals surface area (Å²) in [5.74, 6) is -1.78. The number of ketones is 2. The van der Waals surface area contributed by atoms with Crippen LogP contribution in [0.25, 0.3) is 6.08 Å². The molecule has 5 N–H and O–H groups in total. The fraction of sp³-hybridized carbons (Fsp3) is 0.0741. The largest absolute Gasteiger partial charge is 1.00 e. The van der Waals surface area contributed by atoms with Gasteiger partial charge in [-0.05, 0) is 89.8 Å². The van der Waals surface area contributed by atoms with E-state index < -0.39 is 73.7 Å². The molecule has 0 bridgehead atoms. The number of hydrazine groups is 1. The van der Waals surface area contributed by atoms with Gasteiger partial charge < -0.3 is 10.3 Å². The monoisotopic (exact) mass is 864 g/mol. The van der Waals surface area contributed by atoms with Crippen LogP contribution in [0, 0.1) is 0 Å². The number of allylic oxidation sites excluding steroid dienone is 4. The Morgan fingerprint density at radius 2 is 1.46 bits per heavy atom. The van der Waals surface area contributed by atoms with Crippen LogP contribution in [0.4, 0.5) is 17.3 Å². The van der Waals surface area contributed by atoms with Gasteiger partial charge in [0.2, 0.25) is 28.1 Å². The first kappa shape index (κ1) is 40.4. The standard InChI is InChI=1S/C27H20Cl2N8O11S3.Cu/c1-12-7-18(20(38)11-17(12)33-35-19-10-15(49(40,41)42)4-6-21(19)50(43,44)45)34-36-23-22(51(46,47)48)9-13-8-14(3-5-16(13)24(23)39)37(2)27-31-25(28)30-26(29)32-27;/h3-11,33,35H,1-2H3,(H,40,41,42)(H,43,44,45)(H,46,47,48);/p+3/b34-18-,36-23-;. The molecule has 0 unspecified atom stereocenters. The number of rotatable bonds is 9. The number of fused-ring (bicyclic) bond motifs is 1. The number of benzene rings is 2. The summed E-state index contributed by atoms with van der Waals surface area (Å²) in [4.78, 5) is 37.0. The maximum absolute atomic E-state index is 13.4. The second-order valence-corrected chi connectivity index (χ2v) is 15.2. The molecule has 5 rings (SSSR count). The topological polar surface area (TPSA) is 288 Å². The number of aromatic nitrogens is 3. The second-order valence-electron chi connectivity index (χ2n) is 10.4. The summed E-state index contributed by atoms with van der Waals surface area (Å²) >= 11 is 11.7. The summed E-state index contributed by atoms with van der Waals surface area (Å²) in [6.07, 6.45) is 3.09. The van der Waals surface area contributed by atoms with Gasteiger partial charge in [0, 0.05) is 41.4 Å². The molecule has 1 aromatic heterocycles. The zero-order valence-electron chi connectivity index (χ0n) is 28.8. The van der Waals surface area contributed by atoms with Gasteiger partial charge in [-0.15, -0.1) is 10.2 Å². The van der Waals surface area contributed by atoms with Crippen LogP contribution < -0.4 is 15.8 Å². The third-order valence-electron chi connectivity index (χ3n) is 6.97. The Morgan fingerprint density at radius 3 is 2.06 bits per heavy atom. The van der Waals surface area contributed by atoms with Crippen molar-refractivity contribution in [2.45, 2.75) is 16.7 Å². The summed E-state index contributed by atoms with van der Waals surface area (Å²) in [5, 5.41) is 7.07. The Bertz CT molecular complexity index is 2560. The van der Waals surface area contributed by atoms with Crippen LogP contribution in [-0.2, 0) is 52.2 Å². The van der Waals surface area contributed by atoms with Gasteiger partial charge in [-0.1, -0.05) is 0 Å². The molecule has 2 aliphatic rings. The number of nitrogens with one attached hydrogen (secondary N) is 2. The molecule has 0 saturated carbocycles. The number of hydrogen-bond donors (Lipinski definition) is 5. The summed E-state index contributed by atoms with van der Waals surface area (Å²) in [5.41, 5.74) is 3.73. The van der Waals surface area contributed by atoms with E-state index in [9.17, 15) is 48.5 Å². The zero-order chi connectivity index (χ0) is 37.6. The molecule has 1 heterocycles. The van der Waals surface area contributed by atoms with Gasteiger partial charge in [-0.2, -0.15) is 40.2 Å². The van der Waals surface area contributed by atoms with Crippen LogP contribution in [0.15, 0.2) is 84.7 Å². The first-order chi connectivity index (χ1) is 23.6. The summed E-state index contributed by atoms with van der Waals surface area (Å²) in [6, 6.07) is 6.38. The molecule has 2 aromatic carbocycles. The molecular weight excluding hydrogens is 843 g/mol. The van der Waals surface area contributed by atoms with E-state index in [4.69, 9.17) is 23.2 Å². The van der Waals surface area contributed by atoms with Crippen molar-refractivity contribution in [1.82, 2.24) is 20.4 Å². The number of carbonyl (C=O) groups excluding carboxylic acids is 2. The van der Waals surface area contributed by atoms with Crippen LogP contribution in [0.1, 0.15) is 27.1 Å². The van der Waals surface area contributed by atoms with Crippen LogP contribution in [0.2, 0.25) is 10.6 Å². The van der Waals surface area contributed by atoms with Crippen LogP contribution >= 0.6 is 23.2 Å². The van der Waals surface area contributed by atoms with Crippen LogP contribution in [-0.4, -0.2) is 83.9 Å². The summed E-state index contributed by atoms with van der Waals surface area (Å²) < 4.78 is 100. The maximum atomic E-state index is 13.4. The molecule has 19 nitrogen and oxygen atoms in total. The van der Waals surface area contributed by atoms with Crippen molar-refractivity contribution in [2.75, 3.05) is 17.4 Å². The van der Waals surface area contributed by atoms with Gasteiger partial charge in [-0.25, -0.2) is 0 Å². The molecule has 3 aromatic rings. The summed E-state index contributed by atoms with van der Waals surface area (Å²) in [7, 11) is -13.2. The third-order valence-corrected chi connectivity index (χ3v) is 9.94. The van der Waals surface area contributed by atoms with Gasteiger partial charge >= 0.3 is 4.28 Å². The van der Waals surface area contributed by atoms with Gasteiger partial charge in [0.1, 0.15) is 15.5 Å². The Morgan fingerprint density at radius 1 is 0.808 bits per heavy atom. The number of anilines is 3. The Hall–Kier alpha value is -4.42. The minimum absolute atomic E-state index is 0. The Balaban J connectivity index is 0.00000378. The van der Waals surface area contributed by atoms with Crippen molar-refractivity contribution in [2.24, 2.45) is 10.2 Å². The second kappa shape index (κ2) is 14.9. The smallest absolute Gasteiger partial charge is 0.313 e. The van der Waals surface area contributed by atoms with Crippen molar-refractivity contribution in [3.8, 4) is 0 Å². The van der Waals surface area contributed by atoms with E-state index in [1.165, 1.54) is 37.1 Å². The number of halogens is 2. The molecule has 0 saturated heterocycles. The van der Waals surface area contributed by atoms with E-state index in [2.05, 4.69) is 36.0 Å². The molecule has 2 aliphatic carbocycles. The molecule has 1 radical (unpaired) electrons. The molecule has 0 spiro atoms. The van der Waals surface area contributed by atoms with Crippen molar-refractivity contribution in [3.63, 3.8) is 0 Å². The normalized spacial score (nSPS) is 16.4. The predicted octanol–water partition coefficient (Wildman–Crippen LogP) is 3.03. The fourth-order valence-corrected chi connectivity index (χ4v) is 6.67. The fourth-order valence-electron chi connectivity index (χ4n) is 4.52. The quantitative estimate of drug-likeness (QED) is 0.0894. The zero-order valence-corrected chi connectivity index (χ0v) is 30.7. The number of hydrogen-bond acceptors (Lipinski definition) is 16. The minimum Gasteiger partial charge on any atom is -0.313 e. The summed E-state index contributed by atoms with van der Waals surface area (Å²) in [6.45, 7) is 1.45. The number of Topliss-reactive ketones (excluding diaryl/α,β-unsaturated/α-hetero) is 1. The number of nitrogens with zero attached hydrogens (tertiary/aromatic N) is 6. The SMILES string of the molecule is CC1=C/C(=N/N=C2\C(=O)c3ccc(N(C)c4nc(Cl)nc(Cl)n4)cc3C=C2S(=O)(=O)O)C(=O)C=C1NNc1cc(S(=O)(=O)O)ccc1S(=O)(=O)O.[Cu].[H+].[H+].[H+]. The van der Waals surface area contributed by atoms with Crippen molar-refractivity contribution < 1.29 is 69.8 Å². The van der Waals surface area contributed by atoms with E-state index in [0.29, 0.717) is 11.8 Å². The molecule has 0 fully saturated rings. The average molecular weight is 866 g/mol. The Kier molecular flexibility index (Phi) is 11.6. The van der Waals surface area contributed by atoms with Crippen molar-refractivity contribution in [3.05, 3.63) is 86.4 Å². The first-order valence-corrected chi connectivity index (χ1v) is 18.6. The molecule has 52 heavy (non-hydrogen) atoms. The van der Waals surface area contributed by atoms with E-state index in [-0.39, 0.29) is 60.3 Å². The van der Waals surface area contributed by atoms with E-state index in [1.54, 1.807) is 0 Å². The molecule has 277 valence electrons. The van der Waals surface area contributed by atoms with Crippen molar-refractivity contribution >= 4 is 99.9 Å². The van der Waals surface area contributed by atoms with E-state index in [1.807, 2.05) is 0 Å². The number of carbonyl (C=O) groups is 2. The van der Waals surface area contributed by atoms with Gasteiger partial charge in [0.15, 0.2) is 5.71 Å². The van der Waals surface area contributed by atoms with E-state index in [0.717, 1.165) is 30.4 Å². The predicted molar refractivity (Wildman–Crippen MR) is 186 cm³/mol. The van der Waals surface area contributed by atoms with Crippen LogP contribution in [0.3, 0.4) is 0 Å². The van der Waals surface area contributed by atoms with Crippen LogP contribution in [0.5, 0.6) is 0 Å². The first-order valence-electron chi connectivity index (χ1n) is 13.5.